The zero-order chi connectivity index (χ0) is 19.8. The van der Waals surface area contributed by atoms with E-state index in [1.165, 1.54) is 25.3 Å². The number of ether oxygens (including phenoxy) is 2. The molecule has 0 radical (unpaired) electrons. The van der Waals surface area contributed by atoms with E-state index < -0.39 is 27.6 Å². The van der Waals surface area contributed by atoms with E-state index in [2.05, 4.69) is 9.46 Å². The number of sulfonamides is 1. The van der Waals surface area contributed by atoms with Crippen molar-refractivity contribution in [2.75, 3.05) is 7.11 Å². The van der Waals surface area contributed by atoms with Crippen molar-refractivity contribution in [1.82, 2.24) is 4.72 Å². The summed E-state index contributed by atoms with van der Waals surface area (Å²) in [7, 11) is -2.70. The largest absolute Gasteiger partial charge is 0.487 e. The topological polar surface area (TPSA) is 81.7 Å². The zero-order valence-electron chi connectivity index (χ0n) is 15.2. The van der Waals surface area contributed by atoms with E-state index >= 15 is 0 Å². The van der Waals surface area contributed by atoms with E-state index in [0.29, 0.717) is 12.2 Å². The number of para-hydroxylation sites is 1. The van der Waals surface area contributed by atoms with Crippen molar-refractivity contribution in [1.29, 1.82) is 0 Å². The summed E-state index contributed by atoms with van der Waals surface area (Å²) in [6.45, 7) is 3.81. The molecule has 6 nitrogen and oxygen atoms in total. The van der Waals surface area contributed by atoms with E-state index in [-0.39, 0.29) is 15.5 Å². The van der Waals surface area contributed by atoms with Crippen LogP contribution in [0, 0.1) is 0 Å². The molecule has 1 N–H and O–H groups in total. The van der Waals surface area contributed by atoms with Gasteiger partial charge in [-0.1, -0.05) is 29.8 Å². The number of hydrogen-bond acceptors (Lipinski definition) is 5. The zero-order valence-corrected chi connectivity index (χ0v) is 16.7. The van der Waals surface area contributed by atoms with Crippen LogP contribution in [-0.2, 0) is 14.8 Å². The molecule has 0 saturated carbocycles. The number of methoxy groups -OCH3 is 1. The molecule has 2 aromatic carbocycles. The van der Waals surface area contributed by atoms with Gasteiger partial charge in [-0.05, 0) is 38.1 Å². The van der Waals surface area contributed by atoms with Gasteiger partial charge in [0.1, 0.15) is 11.4 Å². The van der Waals surface area contributed by atoms with Crippen LogP contribution in [0.4, 0.5) is 0 Å². The number of esters is 1. The lowest BCUT2D eigenvalue weighted by Gasteiger charge is -2.37. The molecule has 1 aliphatic heterocycles. The third kappa shape index (κ3) is 4.10. The molecule has 2 aromatic rings. The second kappa shape index (κ2) is 7.14. The van der Waals surface area contributed by atoms with Gasteiger partial charge in [0, 0.05) is 12.0 Å². The van der Waals surface area contributed by atoms with Crippen LogP contribution < -0.4 is 9.46 Å². The molecule has 0 aromatic heterocycles. The number of halogens is 1. The van der Waals surface area contributed by atoms with Crippen LogP contribution in [0.25, 0.3) is 0 Å². The Bertz CT molecular complexity index is 987. The number of benzene rings is 2. The van der Waals surface area contributed by atoms with E-state index in [0.717, 1.165) is 5.56 Å². The number of carbonyl (C=O) groups excluding carboxylic acids is 1. The molecule has 0 aliphatic carbocycles. The average molecular weight is 410 g/mol. The average Bonchev–Trinajstić information content (AvgIpc) is 2.60. The third-order valence-corrected chi connectivity index (χ3v) is 6.13. The maximum atomic E-state index is 12.9. The fourth-order valence-corrected chi connectivity index (χ4v) is 4.54. The monoisotopic (exact) mass is 409 g/mol. The summed E-state index contributed by atoms with van der Waals surface area (Å²) >= 11 is 5.98. The molecule has 1 atom stereocenters. The second-order valence-electron chi connectivity index (χ2n) is 6.91. The van der Waals surface area contributed by atoms with Crippen LogP contribution in [0.15, 0.2) is 47.4 Å². The quantitative estimate of drug-likeness (QED) is 0.778. The minimum absolute atomic E-state index is 0.00486. The summed E-state index contributed by atoms with van der Waals surface area (Å²) in [5, 5.41) is 0.123. The highest BCUT2D eigenvalue weighted by Gasteiger charge is 2.36. The first-order valence-corrected chi connectivity index (χ1v) is 10.2. The van der Waals surface area contributed by atoms with Crippen LogP contribution in [0.2, 0.25) is 5.02 Å². The lowest BCUT2D eigenvalue weighted by molar-refractivity contribution is 0.0600. The molecule has 1 aliphatic rings. The van der Waals surface area contributed by atoms with Gasteiger partial charge >= 0.3 is 5.97 Å². The summed E-state index contributed by atoms with van der Waals surface area (Å²) in [5.41, 5.74) is 0.232. The lowest BCUT2D eigenvalue weighted by atomic mass is 9.90. The van der Waals surface area contributed by atoms with Gasteiger partial charge in [-0.25, -0.2) is 17.9 Å². The number of fused-ring (bicyclic) bond motifs is 1. The Hall–Kier alpha value is -2.09. The van der Waals surface area contributed by atoms with E-state index in [1.807, 2.05) is 38.1 Å². The van der Waals surface area contributed by atoms with E-state index in [9.17, 15) is 13.2 Å². The SMILES string of the molecule is COC(=O)c1cc(S(=O)(=O)NC2CC(C)(C)Oc3ccccc32)ccc1Cl. The molecule has 8 heteroatoms. The van der Waals surface area contributed by atoms with Gasteiger partial charge in [0.2, 0.25) is 10.0 Å². The van der Waals surface area contributed by atoms with Crippen LogP contribution in [0.5, 0.6) is 5.75 Å². The van der Waals surface area contributed by atoms with Gasteiger partial charge < -0.3 is 9.47 Å². The van der Waals surface area contributed by atoms with Gasteiger partial charge in [-0.2, -0.15) is 0 Å². The molecule has 1 unspecified atom stereocenters. The van der Waals surface area contributed by atoms with Crippen LogP contribution >= 0.6 is 11.6 Å². The van der Waals surface area contributed by atoms with Gasteiger partial charge in [0.05, 0.1) is 28.6 Å². The highest BCUT2D eigenvalue weighted by molar-refractivity contribution is 7.89. The van der Waals surface area contributed by atoms with Crippen molar-refractivity contribution in [3.63, 3.8) is 0 Å². The Morgan fingerprint density at radius 2 is 1.96 bits per heavy atom. The molecule has 27 heavy (non-hydrogen) atoms. The molecule has 0 fully saturated rings. The number of hydrogen-bond donors (Lipinski definition) is 1. The highest BCUT2D eigenvalue weighted by Crippen LogP contribution is 2.40. The lowest BCUT2D eigenvalue weighted by Crippen LogP contribution is -2.41. The molecular formula is C19H20ClNO5S. The highest BCUT2D eigenvalue weighted by atomic mass is 35.5. The Morgan fingerprint density at radius 1 is 1.26 bits per heavy atom. The molecule has 3 rings (SSSR count). The summed E-state index contributed by atoms with van der Waals surface area (Å²) in [5.74, 6) is -0.0533. The first kappa shape index (κ1) is 19.7. The van der Waals surface area contributed by atoms with Crippen molar-refractivity contribution in [2.45, 2.75) is 36.8 Å². The first-order chi connectivity index (χ1) is 12.6. The number of nitrogens with one attached hydrogen (secondary N) is 1. The third-order valence-electron chi connectivity index (χ3n) is 4.33. The van der Waals surface area contributed by atoms with Crippen molar-refractivity contribution in [3.8, 4) is 5.75 Å². The first-order valence-electron chi connectivity index (χ1n) is 8.31. The normalized spacial score (nSPS) is 18.3. The predicted molar refractivity (Wildman–Crippen MR) is 102 cm³/mol. The minimum atomic E-state index is -3.91. The Morgan fingerprint density at radius 3 is 2.67 bits per heavy atom. The fourth-order valence-electron chi connectivity index (χ4n) is 3.10. The molecule has 0 amide bonds. The molecule has 0 bridgehead atoms. The standard InChI is InChI=1S/C19H20ClNO5S/c1-19(2)11-16(13-6-4-5-7-17(13)26-19)21-27(23,24)12-8-9-15(20)14(10-12)18(22)25-3/h4-10,16,21H,11H2,1-3H3. The van der Waals surface area contributed by atoms with Crippen molar-refractivity contribution in [2.24, 2.45) is 0 Å². The maximum absolute atomic E-state index is 12.9. The van der Waals surface area contributed by atoms with E-state index in [4.69, 9.17) is 16.3 Å². The smallest absolute Gasteiger partial charge is 0.339 e. The number of rotatable bonds is 4. The maximum Gasteiger partial charge on any atom is 0.339 e. The van der Waals surface area contributed by atoms with Crippen LogP contribution in [0.1, 0.15) is 42.2 Å². The molecular weight excluding hydrogens is 390 g/mol. The summed E-state index contributed by atoms with van der Waals surface area (Å²) in [6.07, 6.45) is 0.459. The van der Waals surface area contributed by atoms with Gasteiger partial charge in [0.25, 0.3) is 0 Å². The van der Waals surface area contributed by atoms with Crippen molar-refractivity contribution < 1.29 is 22.7 Å². The number of carbonyl (C=O) groups is 1. The Balaban J connectivity index is 1.97. The summed E-state index contributed by atoms with van der Waals surface area (Å²) in [6, 6.07) is 10.8. The van der Waals surface area contributed by atoms with E-state index in [1.54, 1.807) is 0 Å². The van der Waals surface area contributed by atoms with Crippen LogP contribution in [-0.4, -0.2) is 27.1 Å². The molecule has 0 saturated heterocycles. The van der Waals surface area contributed by atoms with Gasteiger partial charge in [-0.3, -0.25) is 0 Å². The molecule has 1 heterocycles. The van der Waals surface area contributed by atoms with Crippen LogP contribution in [0.3, 0.4) is 0 Å². The summed E-state index contributed by atoms with van der Waals surface area (Å²) in [4.78, 5) is 11.8. The summed E-state index contributed by atoms with van der Waals surface area (Å²) < 4.78 is 39.2. The second-order valence-corrected chi connectivity index (χ2v) is 9.03. The van der Waals surface area contributed by atoms with Gasteiger partial charge in [-0.15, -0.1) is 0 Å². The minimum Gasteiger partial charge on any atom is -0.487 e. The van der Waals surface area contributed by atoms with Crippen molar-refractivity contribution >= 4 is 27.6 Å². The molecule has 144 valence electrons. The van der Waals surface area contributed by atoms with Crippen molar-refractivity contribution in [3.05, 3.63) is 58.6 Å². The molecule has 0 spiro atoms. The fraction of sp³-hybridized carbons (Fsp3) is 0.316. The Kier molecular flexibility index (Phi) is 5.20. The Labute approximate surface area is 163 Å². The predicted octanol–water partition coefficient (Wildman–Crippen LogP) is 3.71. The van der Waals surface area contributed by atoms with Gasteiger partial charge in [0.15, 0.2) is 0 Å².